The van der Waals surface area contributed by atoms with Gasteiger partial charge in [-0.05, 0) is 35.4 Å². The van der Waals surface area contributed by atoms with E-state index in [2.05, 4.69) is 10.3 Å². The zero-order valence-electron chi connectivity index (χ0n) is 15.9. The Morgan fingerprint density at radius 1 is 1.31 bits per heavy atom. The number of carbonyl (C=O) groups is 1. The van der Waals surface area contributed by atoms with Crippen molar-refractivity contribution in [1.82, 2.24) is 14.5 Å². The van der Waals surface area contributed by atoms with Crippen LogP contribution >= 0.6 is 23.2 Å². The molecule has 2 atom stereocenters. The number of aliphatic hydroxyl groups excluding tert-OH is 1. The summed E-state index contributed by atoms with van der Waals surface area (Å²) in [4.78, 5) is 18.7. The molecule has 0 saturated heterocycles. The lowest BCUT2D eigenvalue weighted by molar-refractivity contribution is 0.0934. The maximum atomic E-state index is 12.9. The van der Waals surface area contributed by atoms with E-state index >= 15 is 0 Å². The Morgan fingerprint density at radius 2 is 2.10 bits per heavy atom. The summed E-state index contributed by atoms with van der Waals surface area (Å²) in [6.45, 7) is 0. The Labute approximate surface area is 178 Å². The van der Waals surface area contributed by atoms with Gasteiger partial charge in [0.1, 0.15) is 5.82 Å². The van der Waals surface area contributed by atoms with E-state index in [0.29, 0.717) is 22.2 Å². The van der Waals surface area contributed by atoms with E-state index in [1.807, 2.05) is 42.1 Å². The van der Waals surface area contributed by atoms with Crippen molar-refractivity contribution in [2.75, 3.05) is 12.4 Å². The van der Waals surface area contributed by atoms with Gasteiger partial charge in [-0.3, -0.25) is 0 Å². The van der Waals surface area contributed by atoms with Gasteiger partial charge in [-0.1, -0.05) is 35.3 Å². The number of likely N-dealkylation sites (N-methyl/N-ethyl adjacent to an activating group) is 1. The Bertz CT molecular complexity index is 1080. The van der Waals surface area contributed by atoms with Crippen LogP contribution < -0.4 is 5.32 Å². The number of imidazole rings is 1. The van der Waals surface area contributed by atoms with Crippen LogP contribution in [0.4, 0.5) is 10.5 Å². The minimum atomic E-state index is -0.754. The summed E-state index contributed by atoms with van der Waals surface area (Å²) in [5.74, 6) is 0.805. The Morgan fingerprint density at radius 3 is 2.83 bits per heavy atom. The molecule has 0 spiro atoms. The normalized spacial score (nSPS) is 17.8. The van der Waals surface area contributed by atoms with Gasteiger partial charge in [0.05, 0.1) is 12.1 Å². The number of hydrogen-bond acceptors (Lipinski definition) is 3. The molecule has 0 fully saturated rings. The number of urea groups is 1. The highest BCUT2D eigenvalue weighted by atomic mass is 35.5. The molecule has 4 rings (SSSR count). The van der Waals surface area contributed by atoms with E-state index in [1.54, 1.807) is 25.4 Å². The molecule has 8 heteroatoms. The number of fused-ring (bicyclic) bond motifs is 1. The number of hydrogen-bond donors (Lipinski definition) is 2. The fourth-order valence-corrected chi connectivity index (χ4v) is 4.40. The van der Waals surface area contributed by atoms with E-state index < -0.39 is 12.1 Å². The molecule has 1 heterocycles. The van der Waals surface area contributed by atoms with Gasteiger partial charge in [0, 0.05) is 54.2 Å². The van der Waals surface area contributed by atoms with Crippen LogP contribution in [0.2, 0.25) is 10.0 Å². The van der Waals surface area contributed by atoms with Gasteiger partial charge < -0.3 is 19.9 Å². The third-order valence-corrected chi connectivity index (χ3v) is 5.78. The molecule has 1 aromatic heterocycles. The number of aliphatic hydroxyl groups is 1. The molecule has 29 heavy (non-hydrogen) atoms. The summed E-state index contributed by atoms with van der Waals surface area (Å²) in [6.07, 6.45) is 3.21. The van der Waals surface area contributed by atoms with E-state index in [0.717, 1.165) is 22.5 Å². The van der Waals surface area contributed by atoms with Crippen molar-refractivity contribution in [3.8, 4) is 11.4 Å². The second-order valence-electron chi connectivity index (χ2n) is 7.16. The number of carbonyl (C=O) groups excluding carboxylic acids is 1. The van der Waals surface area contributed by atoms with Crippen LogP contribution in [0.1, 0.15) is 17.2 Å². The first kappa shape index (κ1) is 19.8. The average molecular weight is 431 g/mol. The van der Waals surface area contributed by atoms with Crippen molar-refractivity contribution in [3.05, 3.63) is 70.0 Å². The van der Waals surface area contributed by atoms with Crippen LogP contribution in [-0.4, -0.2) is 38.7 Å². The van der Waals surface area contributed by atoms with Crippen molar-refractivity contribution in [2.24, 2.45) is 7.05 Å². The molecule has 0 unspecified atom stereocenters. The topological polar surface area (TPSA) is 70.4 Å². The summed E-state index contributed by atoms with van der Waals surface area (Å²) in [7, 11) is 3.56. The highest BCUT2D eigenvalue weighted by Crippen LogP contribution is 2.41. The first-order valence-electron chi connectivity index (χ1n) is 9.12. The van der Waals surface area contributed by atoms with Gasteiger partial charge in [-0.2, -0.15) is 0 Å². The van der Waals surface area contributed by atoms with Gasteiger partial charge in [0.15, 0.2) is 0 Å². The highest BCUT2D eigenvalue weighted by Gasteiger charge is 2.37. The molecule has 1 aliphatic carbocycles. The minimum absolute atomic E-state index is 0.338. The van der Waals surface area contributed by atoms with E-state index in [9.17, 15) is 9.90 Å². The van der Waals surface area contributed by atoms with Gasteiger partial charge in [0.2, 0.25) is 0 Å². The van der Waals surface area contributed by atoms with Crippen molar-refractivity contribution in [2.45, 2.75) is 18.6 Å². The number of anilines is 1. The molecule has 1 aliphatic rings. The third-order valence-electron chi connectivity index (χ3n) is 5.22. The maximum Gasteiger partial charge on any atom is 0.322 e. The molecule has 150 valence electrons. The lowest BCUT2D eigenvalue weighted by Crippen LogP contribution is -2.38. The summed E-state index contributed by atoms with van der Waals surface area (Å²) in [6, 6.07) is 10.0. The van der Waals surface area contributed by atoms with Gasteiger partial charge in [-0.15, -0.1) is 0 Å². The smallest absolute Gasteiger partial charge is 0.322 e. The minimum Gasteiger partial charge on any atom is -0.390 e. The van der Waals surface area contributed by atoms with E-state index in [-0.39, 0.29) is 6.03 Å². The SMILES string of the molecule is CN(C(=O)Nc1cccc(-c2nccn2C)c1)[C@@H]1c2cc(Cl)cc(Cl)c2C[C@H]1O. The fraction of sp³-hybridized carbons (Fsp3) is 0.238. The van der Waals surface area contributed by atoms with Crippen LogP contribution in [-0.2, 0) is 13.5 Å². The maximum absolute atomic E-state index is 12.9. The number of aromatic nitrogens is 2. The van der Waals surface area contributed by atoms with Crippen LogP contribution in [0.3, 0.4) is 0 Å². The molecular formula is C21H20Cl2N4O2. The Kier molecular flexibility index (Phi) is 5.25. The first-order chi connectivity index (χ1) is 13.8. The standard InChI is InChI=1S/C21H20Cl2N4O2/c1-26-7-6-24-20(26)12-4-3-5-14(8-12)25-21(29)27(2)19-16-9-13(22)10-17(23)15(16)11-18(19)28/h3-10,18-19,28H,11H2,1-2H3,(H,25,29)/t18-,19-/m1/s1. The number of benzene rings is 2. The van der Waals surface area contributed by atoms with Crippen molar-refractivity contribution >= 4 is 34.9 Å². The summed E-state index contributed by atoms with van der Waals surface area (Å²) < 4.78 is 1.91. The molecular weight excluding hydrogens is 411 g/mol. The molecule has 2 N–H and O–H groups in total. The molecule has 6 nitrogen and oxygen atoms in total. The lowest BCUT2D eigenvalue weighted by atomic mass is 10.1. The number of nitrogens with zero attached hydrogens (tertiary/aromatic N) is 3. The summed E-state index contributed by atoms with van der Waals surface area (Å²) >= 11 is 12.4. The summed E-state index contributed by atoms with van der Waals surface area (Å²) in [5, 5.41) is 14.5. The number of rotatable bonds is 3. The van der Waals surface area contributed by atoms with Gasteiger partial charge >= 0.3 is 6.03 Å². The highest BCUT2D eigenvalue weighted by molar-refractivity contribution is 6.35. The largest absolute Gasteiger partial charge is 0.390 e. The average Bonchev–Trinajstić information content (AvgIpc) is 3.24. The molecule has 2 aromatic carbocycles. The van der Waals surface area contributed by atoms with Gasteiger partial charge in [0.25, 0.3) is 0 Å². The van der Waals surface area contributed by atoms with Crippen molar-refractivity contribution < 1.29 is 9.90 Å². The number of aryl methyl sites for hydroxylation is 1. The fourth-order valence-electron chi connectivity index (χ4n) is 3.82. The lowest BCUT2D eigenvalue weighted by Gasteiger charge is -2.28. The van der Waals surface area contributed by atoms with E-state index in [4.69, 9.17) is 23.2 Å². The van der Waals surface area contributed by atoms with Crippen LogP contribution in [0.25, 0.3) is 11.4 Å². The van der Waals surface area contributed by atoms with Crippen LogP contribution in [0, 0.1) is 0 Å². The zero-order valence-corrected chi connectivity index (χ0v) is 17.4. The molecule has 2 amide bonds. The number of amides is 2. The summed E-state index contributed by atoms with van der Waals surface area (Å²) in [5.41, 5.74) is 3.13. The monoisotopic (exact) mass is 430 g/mol. The second-order valence-corrected chi connectivity index (χ2v) is 8.00. The van der Waals surface area contributed by atoms with Crippen LogP contribution in [0.5, 0.6) is 0 Å². The van der Waals surface area contributed by atoms with Crippen molar-refractivity contribution in [3.63, 3.8) is 0 Å². The number of nitrogens with one attached hydrogen (secondary N) is 1. The Balaban J connectivity index is 1.57. The zero-order chi connectivity index (χ0) is 20.7. The quantitative estimate of drug-likeness (QED) is 0.641. The molecule has 0 bridgehead atoms. The molecule has 0 saturated carbocycles. The Hall–Kier alpha value is -2.54. The van der Waals surface area contributed by atoms with Gasteiger partial charge in [-0.25, -0.2) is 9.78 Å². The van der Waals surface area contributed by atoms with Crippen LogP contribution in [0.15, 0.2) is 48.8 Å². The predicted molar refractivity (Wildman–Crippen MR) is 114 cm³/mol. The van der Waals surface area contributed by atoms with Crippen molar-refractivity contribution in [1.29, 1.82) is 0 Å². The molecule has 3 aromatic rings. The van der Waals surface area contributed by atoms with E-state index in [1.165, 1.54) is 4.90 Å². The molecule has 0 aliphatic heterocycles. The second kappa shape index (κ2) is 7.71. The predicted octanol–water partition coefficient (Wildman–Crippen LogP) is 4.52. The first-order valence-corrected chi connectivity index (χ1v) is 9.88. The molecule has 0 radical (unpaired) electrons. The third kappa shape index (κ3) is 3.71. The number of halogens is 2.